The van der Waals surface area contributed by atoms with Gasteiger partial charge in [0.15, 0.2) is 5.82 Å². The predicted molar refractivity (Wildman–Crippen MR) is 121 cm³/mol. The Morgan fingerprint density at radius 3 is 2.22 bits per heavy atom. The minimum atomic E-state index is -0.224. The van der Waals surface area contributed by atoms with Gasteiger partial charge in [-0.3, -0.25) is 4.79 Å². The molecule has 0 aliphatic heterocycles. The summed E-state index contributed by atoms with van der Waals surface area (Å²) in [7, 11) is 4.71. The van der Waals surface area contributed by atoms with Crippen molar-refractivity contribution in [1.82, 2.24) is 14.8 Å². The first-order chi connectivity index (χ1) is 15.6. The third kappa shape index (κ3) is 4.39. The number of aromatic nitrogens is 3. The third-order valence-corrected chi connectivity index (χ3v) is 4.82. The van der Waals surface area contributed by atoms with Crippen LogP contribution >= 0.6 is 0 Å². The predicted octanol–water partition coefficient (Wildman–Crippen LogP) is 4.21. The van der Waals surface area contributed by atoms with Crippen molar-refractivity contribution >= 4 is 11.6 Å². The average molecular weight is 430 g/mol. The van der Waals surface area contributed by atoms with E-state index in [0.29, 0.717) is 22.8 Å². The molecule has 8 heteroatoms. The van der Waals surface area contributed by atoms with E-state index in [1.54, 1.807) is 55.3 Å². The minimum Gasteiger partial charge on any atom is -0.497 e. The molecule has 0 radical (unpaired) electrons. The van der Waals surface area contributed by atoms with Crippen molar-refractivity contribution < 1.29 is 19.0 Å². The first-order valence-corrected chi connectivity index (χ1v) is 9.82. The summed E-state index contributed by atoms with van der Waals surface area (Å²) in [6.07, 6.45) is 0. The fourth-order valence-corrected chi connectivity index (χ4v) is 3.14. The molecular weight excluding hydrogens is 408 g/mol. The minimum absolute atomic E-state index is 0.224. The molecule has 8 nitrogen and oxygen atoms in total. The largest absolute Gasteiger partial charge is 0.497 e. The molecule has 0 saturated heterocycles. The Balaban J connectivity index is 1.58. The zero-order chi connectivity index (χ0) is 22.5. The van der Waals surface area contributed by atoms with Crippen molar-refractivity contribution in [3.63, 3.8) is 0 Å². The van der Waals surface area contributed by atoms with Crippen molar-refractivity contribution in [3.05, 3.63) is 78.4 Å². The number of hydrogen-bond donors (Lipinski definition) is 1. The number of carbonyl (C=O) groups excluding carboxylic acids is 1. The van der Waals surface area contributed by atoms with Crippen LogP contribution in [0, 0.1) is 0 Å². The Bertz CT molecular complexity index is 1220. The number of amides is 1. The molecule has 0 aliphatic carbocycles. The Hall–Kier alpha value is -4.33. The topological polar surface area (TPSA) is 87.5 Å². The maximum Gasteiger partial charge on any atom is 0.336 e. The van der Waals surface area contributed by atoms with E-state index in [-0.39, 0.29) is 11.9 Å². The number of methoxy groups -OCH3 is 3. The SMILES string of the molecule is COc1ccc(-c2nc(OC)nn2-c2ccc(NC(=O)c3cccc(OC)c3)cc2)cc1. The lowest BCUT2D eigenvalue weighted by atomic mass is 10.2. The Morgan fingerprint density at radius 1 is 0.844 bits per heavy atom. The Kier molecular flexibility index (Phi) is 6.03. The van der Waals surface area contributed by atoms with Crippen molar-refractivity contribution in [2.75, 3.05) is 26.6 Å². The molecule has 1 N–H and O–H groups in total. The number of hydrogen-bond acceptors (Lipinski definition) is 6. The zero-order valence-electron chi connectivity index (χ0n) is 17.9. The van der Waals surface area contributed by atoms with Gasteiger partial charge in [-0.15, -0.1) is 5.10 Å². The number of rotatable bonds is 7. The van der Waals surface area contributed by atoms with Gasteiger partial charge < -0.3 is 19.5 Å². The van der Waals surface area contributed by atoms with Gasteiger partial charge in [0.25, 0.3) is 5.91 Å². The number of nitrogens with zero attached hydrogens (tertiary/aromatic N) is 3. The summed E-state index contributed by atoms with van der Waals surface area (Å²) in [5.41, 5.74) is 2.79. The lowest BCUT2D eigenvalue weighted by Gasteiger charge is -2.09. The number of ether oxygens (including phenoxy) is 3. The molecule has 0 bridgehead atoms. The molecule has 0 saturated carbocycles. The second-order valence-electron chi connectivity index (χ2n) is 6.80. The van der Waals surface area contributed by atoms with Gasteiger partial charge in [0.2, 0.25) is 0 Å². The molecule has 0 fully saturated rings. The van der Waals surface area contributed by atoms with E-state index in [1.807, 2.05) is 36.4 Å². The van der Waals surface area contributed by atoms with Gasteiger partial charge in [-0.1, -0.05) is 6.07 Å². The molecular formula is C24H22N4O4. The number of benzene rings is 3. The van der Waals surface area contributed by atoms with Gasteiger partial charge in [-0.05, 0) is 66.7 Å². The van der Waals surface area contributed by atoms with E-state index in [4.69, 9.17) is 14.2 Å². The van der Waals surface area contributed by atoms with Crippen LogP contribution in [-0.4, -0.2) is 42.0 Å². The molecule has 0 aliphatic rings. The molecule has 3 aromatic carbocycles. The van der Waals surface area contributed by atoms with E-state index in [2.05, 4.69) is 15.4 Å². The normalized spacial score (nSPS) is 10.5. The van der Waals surface area contributed by atoms with Crippen molar-refractivity contribution in [3.8, 4) is 34.6 Å². The molecule has 0 spiro atoms. The molecule has 32 heavy (non-hydrogen) atoms. The fourth-order valence-electron chi connectivity index (χ4n) is 3.14. The molecule has 162 valence electrons. The van der Waals surface area contributed by atoms with Crippen molar-refractivity contribution in [2.45, 2.75) is 0 Å². The van der Waals surface area contributed by atoms with E-state index >= 15 is 0 Å². The molecule has 4 rings (SSSR count). The lowest BCUT2D eigenvalue weighted by Crippen LogP contribution is -2.12. The second-order valence-corrected chi connectivity index (χ2v) is 6.80. The first kappa shape index (κ1) is 20.9. The van der Waals surface area contributed by atoms with Gasteiger partial charge in [0, 0.05) is 16.8 Å². The van der Waals surface area contributed by atoms with Crippen LogP contribution in [0.1, 0.15) is 10.4 Å². The summed E-state index contributed by atoms with van der Waals surface area (Å²) in [5, 5.41) is 7.31. The highest BCUT2D eigenvalue weighted by Crippen LogP contribution is 2.26. The quantitative estimate of drug-likeness (QED) is 0.473. The van der Waals surface area contributed by atoms with Crippen molar-refractivity contribution in [2.24, 2.45) is 0 Å². The Morgan fingerprint density at radius 2 is 1.56 bits per heavy atom. The highest BCUT2D eigenvalue weighted by molar-refractivity contribution is 6.04. The smallest absolute Gasteiger partial charge is 0.336 e. The molecule has 0 atom stereocenters. The van der Waals surface area contributed by atoms with Gasteiger partial charge in [-0.25, -0.2) is 4.68 Å². The van der Waals surface area contributed by atoms with Gasteiger partial charge >= 0.3 is 6.01 Å². The van der Waals surface area contributed by atoms with E-state index in [1.165, 1.54) is 7.11 Å². The van der Waals surface area contributed by atoms with E-state index in [9.17, 15) is 4.79 Å². The molecule has 0 unspecified atom stereocenters. The van der Waals surface area contributed by atoms with Crippen LogP contribution in [-0.2, 0) is 0 Å². The summed E-state index contributed by atoms with van der Waals surface area (Å²) in [6, 6.07) is 22.1. The van der Waals surface area contributed by atoms with Crippen LogP contribution in [0.15, 0.2) is 72.8 Å². The van der Waals surface area contributed by atoms with E-state index < -0.39 is 0 Å². The summed E-state index contributed by atoms with van der Waals surface area (Å²) >= 11 is 0. The van der Waals surface area contributed by atoms with Crippen LogP contribution in [0.3, 0.4) is 0 Å². The summed E-state index contributed by atoms with van der Waals surface area (Å²) in [6.45, 7) is 0. The van der Waals surface area contributed by atoms with Crippen LogP contribution in [0.5, 0.6) is 17.5 Å². The first-order valence-electron chi connectivity index (χ1n) is 9.82. The molecule has 1 aromatic heterocycles. The van der Waals surface area contributed by atoms with Crippen LogP contribution in [0.2, 0.25) is 0 Å². The second kappa shape index (κ2) is 9.22. The van der Waals surface area contributed by atoms with Gasteiger partial charge in [0.05, 0.1) is 27.0 Å². The summed E-state index contributed by atoms with van der Waals surface area (Å²) in [5.74, 6) is 1.78. The number of carbonyl (C=O) groups is 1. The summed E-state index contributed by atoms with van der Waals surface area (Å²) in [4.78, 5) is 17.0. The standard InChI is InChI=1S/C24H22N4O4/c1-30-20-13-7-16(8-14-20)22-26-24(32-3)27-28(22)19-11-9-18(10-12-19)25-23(29)17-5-4-6-21(15-17)31-2/h4-15H,1-3H3,(H,25,29). The highest BCUT2D eigenvalue weighted by atomic mass is 16.5. The van der Waals surface area contributed by atoms with Gasteiger partial charge in [-0.2, -0.15) is 4.98 Å². The monoisotopic (exact) mass is 430 g/mol. The van der Waals surface area contributed by atoms with Crippen LogP contribution in [0.4, 0.5) is 5.69 Å². The Labute approximate surface area is 185 Å². The zero-order valence-corrected chi connectivity index (χ0v) is 17.9. The molecule has 1 amide bonds. The third-order valence-electron chi connectivity index (χ3n) is 4.82. The van der Waals surface area contributed by atoms with Crippen molar-refractivity contribution in [1.29, 1.82) is 0 Å². The van der Waals surface area contributed by atoms with E-state index in [0.717, 1.165) is 17.0 Å². The number of anilines is 1. The maximum atomic E-state index is 12.5. The van der Waals surface area contributed by atoms with Gasteiger partial charge in [0.1, 0.15) is 11.5 Å². The number of nitrogens with one attached hydrogen (secondary N) is 1. The summed E-state index contributed by atoms with van der Waals surface area (Å²) < 4.78 is 17.3. The molecule has 1 heterocycles. The maximum absolute atomic E-state index is 12.5. The van der Waals surface area contributed by atoms with Crippen LogP contribution in [0.25, 0.3) is 17.1 Å². The lowest BCUT2D eigenvalue weighted by molar-refractivity contribution is 0.102. The van der Waals surface area contributed by atoms with Crippen LogP contribution < -0.4 is 19.5 Å². The average Bonchev–Trinajstić information content (AvgIpc) is 3.29. The fraction of sp³-hybridized carbons (Fsp3) is 0.125. The highest BCUT2D eigenvalue weighted by Gasteiger charge is 2.15. The molecule has 4 aromatic rings.